The summed E-state index contributed by atoms with van der Waals surface area (Å²) in [7, 11) is -3.66. The van der Waals surface area contributed by atoms with E-state index in [1.54, 1.807) is 18.5 Å². The first-order chi connectivity index (χ1) is 21.9. The molecule has 4 aromatic rings. The molecule has 0 unspecified atom stereocenters. The van der Waals surface area contributed by atoms with Crippen LogP contribution in [0.5, 0.6) is 5.75 Å². The Hall–Kier alpha value is -4.58. The summed E-state index contributed by atoms with van der Waals surface area (Å²) in [6.45, 7) is 1.42. The molecule has 1 fully saturated rings. The van der Waals surface area contributed by atoms with Gasteiger partial charge in [0.1, 0.15) is 11.8 Å². The highest BCUT2D eigenvalue weighted by atomic mass is 32.2. The molecule has 2 heterocycles. The first-order valence-electron chi connectivity index (χ1n) is 14.7. The van der Waals surface area contributed by atoms with Crippen molar-refractivity contribution < 1.29 is 27.5 Å². The number of nitrogens with one attached hydrogen (secondary N) is 1. The van der Waals surface area contributed by atoms with Crippen molar-refractivity contribution in [1.82, 2.24) is 19.5 Å². The van der Waals surface area contributed by atoms with Crippen molar-refractivity contribution in [3.63, 3.8) is 0 Å². The molecular formula is C34H36N4O6S. The molecule has 1 atom stereocenters. The number of benzene rings is 3. The normalized spacial score (nSPS) is 14.3. The van der Waals surface area contributed by atoms with Crippen molar-refractivity contribution in [1.29, 1.82) is 0 Å². The van der Waals surface area contributed by atoms with Gasteiger partial charge in [-0.2, -0.15) is 4.31 Å². The molecule has 10 nitrogen and oxygen atoms in total. The first kappa shape index (κ1) is 31.8. The highest BCUT2D eigenvalue weighted by molar-refractivity contribution is 7.89. The maximum absolute atomic E-state index is 13.9. The van der Waals surface area contributed by atoms with Gasteiger partial charge in [-0.1, -0.05) is 66.7 Å². The molecule has 0 saturated carbocycles. The van der Waals surface area contributed by atoms with E-state index < -0.39 is 16.1 Å². The van der Waals surface area contributed by atoms with Gasteiger partial charge in [-0.25, -0.2) is 8.42 Å². The van der Waals surface area contributed by atoms with Gasteiger partial charge in [0.15, 0.2) is 6.61 Å². The Bertz CT molecular complexity index is 1630. The average molecular weight is 629 g/mol. The second kappa shape index (κ2) is 15.4. The van der Waals surface area contributed by atoms with Gasteiger partial charge in [-0.3, -0.25) is 14.6 Å². The zero-order valence-corrected chi connectivity index (χ0v) is 25.6. The lowest BCUT2D eigenvalue weighted by molar-refractivity contribution is -0.142. The molecule has 1 N–H and O–H groups in total. The molecule has 1 saturated heterocycles. The van der Waals surface area contributed by atoms with Crippen molar-refractivity contribution in [2.24, 2.45) is 0 Å². The molecule has 0 aliphatic carbocycles. The SMILES string of the molecule is O=C(NCc1cccnc1)[C@@H](Cc1ccccc1)N(Cc1ccccc1)C(=O)COc1ccc(S(=O)(=O)N2CCOCC2)cc1. The van der Waals surface area contributed by atoms with Crippen molar-refractivity contribution in [3.05, 3.63) is 126 Å². The quantitative estimate of drug-likeness (QED) is 0.241. The van der Waals surface area contributed by atoms with Crippen molar-refractivity contribution >= 4 is 21.8 Å². The Morgan fingerprint density at radius 2 is 1.51 bits per heavy atom. The zero-order chi connectivity index (χ0) is 31.5. The monoisotopic (exact) mass is 628 g/mol. The van der Waals surface area contributed by atoms with Crippen LogP contribution in [0.15, 0.2) is 114 Å². The van der Waals surface area contributed by atoms with Crippen LogP contribution >= 0.6 is 0 Å². The smallest absolute Gasteiger partial charge is 0.261 e. The maximum atomic E-state index is 13.9. The Morgan fingerprint density at radius 3 is 2.16 bits per heavy atom. The highest BCUT2D eigenvalue weighted by Crippen LogP contribution is 2.21. The minimum atomic E-state index is -3.66. The lowest BCUT2D eigenvalue weighted by Crippen LogP contribution is -2.51. The summed E-state index contributed by atoms with van der Waals surface area (Å²) in [5.74, 6) is -0.351. The number of ether oxygens (including phenoxy) is 2. The molecule has 1 aliphatic rings. The number of amides is 2. The molecule has 45 heavy (non-hydrogen) atoms. The number of aromatic nitrogens is 1. The molecule has 5 rings (SSSR count). The highest BCUT2D eigenvalue weighted by Gasteiger charge is 2.31. The fourth-order valence-electron chi connectivity index (χ4n) is 5.02. The van der Waals surface area contributed by atoms with Crippen LogP contribution in [0.3, 0.4) is 0 Å². The Balaban J connectivity index is 1.34. The van der Waals surface area contributed by atoms with E-state index in [4.69, 9.17) is 9.47 Å². The van der Waals surface area contributed by atoms with E-state index in [-0.39, 0.29) is 36.4 Å². The van der Waals surface area contributed by atoms with Crippen LogP contribution in [-0.2, 0) is 43.9 Å². The van der Waals surface area contributed by atoms with E-state index in [9.17, 15) is 18.0 Å². The van der Waals surface area contributed by atoms with E-state index >= 15 is 0 Å². The number of rotatable bonds is 13. The van der Waals surface area contributed by atoms with Crippen molar-refractivity contribution in [3.8, 4) is 5.75 Å². The van der Waals surface area contributed by atoms with Gasteiger partial charge >= 0.3 is 0 Å². The zero-order valence-electron chi connectivity index (χ0n) is 24.8. The predicted molar refractivity (Wildman–Crippen MR) is 169 cm³/mol. The van der Waals surface area contributed by atoms with Crippen LogP contribution in [0.1, 0.15) is 16.7 Å². The number of hydrogen-bond donors (Lipinski definition) is 1. The van der Waals surface area contributed by atoms with Gasteiger partial charge in [0, 0.05) is 45.0 Å². The largest absolute Gasteiger partial charge is 0.484 e. The Morgan fingerprint density at radius 1 is 0.867 bits per heavy atom. The molecule has 0 spiro atoms. The van der Waals surface area contributed by atoms with Gasteiger partial charge in [0.2, 0.25) is 15.9 Å². The van der Waals surface area contributed by atoms with Crippen LogP contribution in [-0.4, -0.2) is 73.4 Å². The molecule has 234 valence electrons. The molecule has 11 heteroatoms. The summed E-state index contributed by atoms with van der Waals surface area (Å²) in [6.07, 6.45) is 3.65. The van der Waals surface area contributed by atoms with Crippen LogP contribution in [0.25, 0.3) is 0 Å². The van der Waals surface area contributed by atoms with Gasteiger partial charge in [-0.05, 0) is 47.0 Å². The van der Waals surface area contributed by atoms with E-state index in [1.165, 1.54) is 33.5 Å². The summed E-state index contributed by atoms with van der Waals surface area (Å²) in [6, 6.07) is 27.9. The summed E-state index contributed by atoms with van der Waals surface area (Å²) >= 11 is 0. The van der Waals surface area contributed by atoms with Gasteiger partial charge < -0.3 is 19.7 Å². The number of morpholine rings is 1. The lowest BCUT2D eigenvalue weighted by Gasteiger charge is -2.31. The minimum absolute atomic E-state index is 0.141. The third-order valence-corrected chi connectivity index (χ3v) is 9.36. The minimum Gasteiger partial charge on any atom is -0.484 e. The van der Waals surface area contributed by atoms with Gasteiger partial charge in [0.25, 0.3) is 5.91 Å². The first-order valence-corrected chi connectivity index (χ1v) is 16.2. The molecular weight excluding hydrogens is 592 g/mol. The predicted octanol–water partition coefficient (Wildman–Crippen LogP) is 3.44. The number of pyridine rings is 1. The lowest BCUT2D eigenvalue weighted by atomic mass is 10.0. The molecule has 2 amide bonds. The fourth-order valence-corrected chi connectivity index (χ4v) is 6.42. The Kier molecular flexibility index (Phi) is 10.9. The van der Waals surface area contributed by atoms with Gasteiger partial charge in [-0.15, -0.1) is 0 Å². The number of carbonyl (C=O) groups is 2. The van der Waals surface area contributed by atoms with Crippen LogP contribution < -0.4 is 10.1 Å². The maximum Gasteiger partial charge on any atom is 0.261 e. The summed E-state index contributed by atoms with van der Waals surface area (Å²) in [5, 5.41) is 2.98. The molecule has 3 aromatic carbocycles. The van der Waals surface area contributed by atoms with Gasteiger partial charge in [0.05, 0.1) is 18.1 Å². The second-order valence-corrected chi connectivity index (χ2v) is 12.5. The van der Waals surface area contributed by atoms with Crippen LogP contribution in [0, 0.1) is 0 Å². The van der Waals surface area contributed by atoms with E-state index in [2.05, 4.69) is 10.3 Å². The molecule has 0 radical (unpaired) electrons. The summed E-state index contributed by atoms with van der Waals surface area (Å²) < 4.78 is 38.5. The number of sulfonamides is 1. The molecule has 1 aliphatic heterocycles. The van der Waals surface area contributed by atoms with Crippen LogP contribution in [0.4, 0.5) is 0 Å². The Labute approximate surface area is 263 Å². The summed E-state index contributed by atoms with van der Waals surface area (Å²) in [4.78, 5) is 33.4. The molecule has 0 bridgehead atoms. The van der Waals surface area contributed by atoms with Crippen molar-refractivity contribution in [2.45, 2.75) is 30.4 Å². The fraction of sp³-hybridized carbons (Fsp3) is 0.265. The second-order valence-electron chi connectivity index (χ2n) is 10.6. The summed E-state index contributed by atoms with van der Waals surface area (Å²) in [5.41, 5.74) is 2.61. The average Bonchev–Trinajstić information content (AvgIpc) is 3.09. The standard InChI is InChI=1S/C34H36N4O6S/c39-33(26-44-30-13-15-31(16-14-30)45(41,42)37-18-20-43-21-19-37)38(25-28-10-5-2-6-11-28)32(22-27-8-3-1-4-9-27)34(40)36-24-29-12-7-17-35-23-29/h1-17,23,32H,18-22,24-26H2,(H,36,40)/t32-/m1/s1. The topological polar surface area (TPSA) is 118 Å². The number of carbonyl (C=O) groups excluding carboxylic acids is 2. The van der Waals surface area contributed by atoms with E-state index in [0.717, 1.165) is 16.7 Å². The van der Waals surface area contributed by atoms with Crippen LogP contribution in [0.2, 0.25) is 0 Å². The molecule has 1 aromatic heterocycles. The third kappa shape index (κ3) is 8.75. The van der Waals surface area contributed by atoms with E-state index in [1.807, 2.05) is 66.7 Å². The number of hydrogen-bond acceptors (Lipinski definition) is 7. The third-order valence-electron chi connectivity index (χ3n) is 7.45. The number of nitrogens with zero attached hydrogens (tertiary/aromatic N) is 3. The van der Waals surface area contributed by atoms with Crippen molar-refractivity contribution in [2.75, 3.05) is 32.9 Å². The van der Waals surface area contributed by atoms with E-state index in [0.29, 0.717) is 38.5 Å².